The molecule has 0 radical (unpaired) electrons. The quantitative estimate of drug-likeness (QED) is 0.820. The van der Waals surface area contributed by atoms with Crippen molar-refractivity contribution in [1.82, 2.24) is 0 Å². The number of carboxylic acid groups (broad SMARTS) is 1. The minimum Gasteiger partial charge on any atom is -0.478 e. The molecule has 1 aromatic carbocycles. The third-order valence-corrected chi connectivity index (χ3v) is 4.24. The van der Waals surface area contributed by atoms with Crippen molar-refractivity contribution in [2.24, 2.45) is 0 Å². The third kappa shape index (κ3) is 3.30. The molecular formula is C14H10BrFO2S. The Morgan fingerprint density at radius 1 is 1.42 bits per heavy atom. The van der Waals surface area contributed by atoms with Crippen LogP contribution in [0.4, 0.5) is 4.39 Å². The standard InChI is InChI=1S/C14H10BrFO2S/c1-8-6-11(15)12(16)7-10(8)13-4-2-9(19-13)3-5-14(17)18/h2-7H,1H3,(H,17,18)/b5-3+. The van der Waals surface area contributed by atoms with Crippen LogP contribution in [0.3, 0.4) is 0 Å². The van der Waals surface area contributed by atoms with Crippen molar-refractivity contribution in [2.45, 2.75) is 6.92 Å². The van der Waals surface area contributed by atoms with Gasteiger partial charge in [0, 0.05) is 15.8 Å². The maximum atomic E-state index is 13.6. The molecule has 98 valence electrons. The van der Waals surface area contributed by atoms with Crippen LogP contribution in [0.25, 0.3) is 16.5 Å². The molecule has 1 N–H and O–H groups in total. The molecule has 0 aliphatic carbocycles. The van der Waals surface area contributed by atoms with Gasteiger partial charge in [0.1, 0.15) is 5.82 Å². The van der Waals surface area contributed by atoms with Crippen molar-refractivity contribution >= 4 is 39.3 Å². The van der Waals surface area contributed by atoms with Crippen LogP contribution in [0.5, 0.6) is 0 Å². The zero-order valence-corrected chi connectivity index (χ0v) is 12.4. The van der Waals surface area contributed by atoms with Crippen LogP contribution in [0.1, 0.15) is 10.4 Å². The summed E-state index contributed by atoms with van der Waals surface area (Å²) < 4.78 is 14.0. The lowest BCUT2D eigenvalue weighted by Crippen LogP contribution is -1.85. The lowest BCUT2D eigenvalue weighted by Gasteiger charge is -2.04. The van der Waals surface area contributed by atoms with E-state index in [1.54, 1.807) is 6.07 Å². The van der Waals surface area contributed by atoms with Gasteiger partial charge in [-0.2, -0.15) is 0 Å². The van der Waals surface area contributed by atoms with Gasteiger partial charge >= 0.3 is 5.97 Å². The molecule has 2 aromatic rings. The molecular weight excluding hydrogens is 331 g/mol. The van der Waals surface area contributed by atoms with E-state index in [1.807, 2.05) is 19.1 Å². The molecule has 5 heteroatoms. The predicted octanol–water partition coefficient (Wildman–Crippen LogP) is 4.72. The molecule has 0 saturated carbocycles. The molecule has 0 aliphatic rings. The van der Waals surface area contributed by atoms with Crippen LogP contribution in [0, 0.1) is 12.7 Å². The fourth-order valence-electron chi connectivity index (χ4n) is 1.65. The molecule has 0 aliphatic heterocycles. The molecule has 0 unspecified atom stereocenters. The summed E-state index contributed by atoms with van der Waals surface area (Å²) in [5.41, 5.74) is 1.78. The zero-order valence-electron chi connectivity index (χ0n) is 9.98. The van der Waals surface area contributed by atoms with E-state index in [4.69, 9.17) is 5.11 Å². The van der Waals surface area contributed by atoms with E-state index in [2.05, 4.69) is 15.9 Å². The Bertz CT molecular complexity index is 661. The van der Waals surface area contributed by atoms with Crippen LogP contribution >= 0.6 is 27.3 Å². The molecule has 0 amide bonds. The summed E-state index contributed by atoms with van der Waals surface area (Å²) in [6.45, 7) is 1.91. The number of hydrogen-bond donors (Lipinski definition) is 1. The van der Waals surface area contributed by atoms with Gasteiger partial charge in [-0.15, -0.1) is 11.3 Å². The fraction of sp³-hybridized carbons (Fsp3) is 0.0714. The number of hydrogen-bond acceptors (Lipinski definition) is 2. The van der Waals surface area contributed by atoms with Gasteiger partial charge in [0.2, 0.25) is 0 Å². The van der Waals surface area contributed by atoms with E-state index in [9.17, 15) is 9.18 Å². The first-order valence-corrected chi connectivity index (χ1v) is 7.05. The van der Waals surface area contributed by atoms with Gasteiger partial charge in [-0.25, -0.2) is 9.18 Å². The number of carbonyl (C=O) groups is 1. The Balaban J connectivity index is 2.38. The van der Waals surface area contributed by atoms with E-state index in [0.29, 0.717) is 4.47 Å². The highest BCUT2D eigenvalue weighted by Crippen LogP contribution is 2.33. The first-order chi connectivity index (χ1) is 8.97. The zero-order chi connectivity index (χ0) is 14.0. The van der Waals surface area contributed by atoms with Crippen molar-refractivity contribution in [3.8, 4) is 10.4 Å². The molecule has 0 fully saturated rings. The van der Waals surface area contributed by atoms with Crippen LogP contribution in [-0.2, 0) is 4.79 Å². The number of benzene rings is 1. The van der Waals surface area contributed by atoms with Crippen molar-refractivity contribution in [3.63, 3.8) is 0 Å². The largest absolute Gasteiger partial charge is 0.478 e. The Morgan fingerprint density at radius 3 is 2.84 bits per heavy atom. The van der Waals surface area contributed by atoms with Gasteiger partial charge < -0.3 is 5.11 Å². The maximum absolute atomic E-state index is 13.6. The van der Waals surface area contributed by atoms with E-state index in [-0.39, 0.29) is 5.82 Å². The lowest BCUT2D eigenvalue weighted by atomic mass is 10.1. The van der Waals surface area contributed by atoms with Crippen molar-refractivity contribution in [1.29, 1.82) is 0 Å². The average molecular weight is 341 g/mol. The van der Waals surface area contributed by atoms with Crippen LogP contribution < -0.4 is 0 Å². The number of aliphatic carboxylic acids is 1. The Labute approximate surface area is 122 Å². The topological polar surface area (TPSA) is 37.3 Å². The Kier molecular flexibility index (Phi) is 4.17. The van der Waals surface area contributed by atoms with Gasteiger partial charge in [0.25, 0.3) is 0 Å². The second-order valence-corrected chi connectivity index (χ2v) is 5.92. The van der Waals surface area contributed by atoms with Crippen molar-refractivity contribution in [2.75, 3.05) is 0 Å². The first-order valence-electron chi connectivity index (χ1n) is 5.44. The molecule has 19 heavy (non-hydrogen) atoms. The summed E-state index contributed by atoms with van der Waals surface area (Å²) in [5.74, 6) is -1.29. The highest BCUT2D eigenvalue weighted by atomic mass is 79.9. The van der Waals surface area contributed by atoms with E-state index in [1.165, 1.54) is 23.5 Å². The lowest BCUT2D eigenvalue weighted by molar-refractivity contribution is -0.131. The minimum absolute atomic E-state index is 0.309. The molecule has 0 spiro atoms. The number of aryl methyl sites for hydroxylation is 1. The molecule has 2 rings (SSSR count). The molecule has 0 bridgehead atoms. The third-order valence-electron chi connectivity index (χ3n) is 2.55. The van der Waals surface area contributed by atoms with Crippen LogP contribution in [-0.4, -0.2) is 11.1 Å². The molecule has 0 saturated heterocycles. The smallest absolute Gasteiger partial charge is 0.328 e. The van der Waals surface area contributed by atoms with Crippen molar-refractivity contribution in [3.05, 3.63) is 51.1 Å². The van der Waals surface area contributed by atoms with Crippen LogP contribution in [0.15, 0.2) is 34.8 Å². The normalized spacial score (nSPS) is 11.1. The van der Waals surface area contributed by atoms with Gasteiger partial charge in [-0.05, 0) is 64.3 Å². The minimum atomic E-state index is -0.985. The fourth-order valence-corrected chi connectivity index (χ4v) is 3.10. The Hall–Kier alpha value is -1.46. The summed E-state index contributed by atoms with van der Waals surface area (Å²) in [5, 5.41) is 8.57. The van der Waals surface area contributed by atoms with Crippen LogP contribution in [0.2, 0.25) is 0 Å². The number of carboxylic acids is 1. The average Bonchev–Trinajstić information content (AvgIpc) is 2.80. The van der Waals surface area contributed by atoms with E-state index < -0.39 is 5.97 Å². The predicted molar refractivity (Wildman–Crippen MR) is 78.8 cm³/mol. The van der Waals surface area contributed by atoms with Gasteiger partial charge in [-0.3, -0.25) is 0 Å². The summed E-state index contributed by atoms with van der Waals surface area (Å²) >= 11 is 4.58. The monoisotopic (exact) mass is 340 g/mol. The van der Waals surface area contributed by atoms with Gasteiger partial charge in [0.15, 0.2) is 0 Å². The number of halogens is 2. The molecule has 0 atom stereocenters. The maximum Gasteiger partial charge on any atom is 0.328 e. The second kappa shape index (κ2) is 5.67. The van der Waals surface area contributed by atoms with Gasteiger partial charge in [-0.1, -0.05) is 0 Å². The molecule has 2 nitrogen and oxygen atoms in total. The number of rotatable bonds is 3. The highest BCUT2D eigenvalue weighted by Gasteiger charge is 2.09. The molecule has 1 aromatic heterocycles. The SMILES string of the molecule is Cc1cc(Br)c(F)cc1-c1ccc(/C=C/C(=O)O)s1. The highest BCUT2D eigenvalue weighted by molar-refractivity contribution is 9.10. The van der Waals surface area contributed by atoms with Gasteiger partial charge in [0.05, 0.1) is 4.47 Å². The summed E-state index contributed by atoms with van der Waals surface area (Å²) in [4.78, 5) is 12.2. The van der Waals surface area contributed by atoms with E-state index in [0.717, 1.165) is 27.0 Å². The summed E-state index contributed by atoms with van der Waals surface area (Å²) in [7, 11) is 0. The summed E-state index contributed by atoms with van der Waals surface area (Å²) in [6, 6.07) is 6.90. The summed E-state index contributed by atoms with van der Waals surface area (Å²) in [6.07, 6.45) is 2.62. The second-order valence-electron chi connectivity index (χ2n) is 3.95. The molecule has 1 heterocycles. The Morgan fingerprint density at radius 2 is 2.16 bits per heavy atom. The van der Waals surface area contributed by atoms with Crippen molar-refractivity contribution < 1.29 is 14.3 Å². The van der Waals surface area contributed by atoms with E-state index >= 15 is 0 Å². The first kappa shape index (κ1) is 14.0. The number of thiophene rings is 1.